The van der Waals surface area contributed by atoms with Crippen molar-refractivity contribution in [2.45, 2.75) is 38.0 Å². The molecule has 0 radical (unpaired) electrons. The third-order valence-electron chi connectivity index (χ3n) is 3.86. The maximum Gasteiger partial charge on any atom is 0.102 e. The van der Waals surface area contributed by atoms with Crippen molar-refractivity contribution < 1.29 is 0 Å². The highest BCUT2D eigenvalue weighted by atomic mass is 14.7. The second-order valence-electron chi connectivity index (χ2n) is 4.91. The molecular weight excluding hydrogens is 208 g/mol. The summed E-state index contributed by atoms with van der Waals surface area (Å²) < 4.78 is 0. The van der Waals surface area contributed by atoms with Gasteiger partial charge in [0.25, 0.3) is 0 Å². The van der Waals surface area contributed by atoms with Gasteiger partial charge in [-0.1, -0.05) is 37.5 Å². The summed E-state index contributed by atoms with van der Waals surface area (Å²) in [5.74, 6) is 0.561. The van der Waals surface area contributed by atoms with Crippen LogP contribution in [0.15, 0.2) is 24.3 Å². The Morgan fingerprint density at radius 2 is 1.88 bits per heavy atom. The van der Waals surface area contributed by atoms with Crippen molar-refractivity contribution in [1.82, 2.24) is 4.98 Å². The average molecular weight is 224 g/mol. The van der Waals surface area contributed by atoms with Gasteiger partial charge in [-0.2, -0.15) is 5.26 Å². The lowest BCUT2D eigenvalue weighted by Crippen LogP contribution is -2.06. The molecule has 0 bridgehead atoms. The van der Waals surface area contributed by atoms with E-state index in [4.69, 9.17) is 0 Å². The van der Waals surface area contributed by atoms with E-state index in [1.165, 1.54) is 37.8 Å². The van der Waals surface area contributed by atoms with Crippen molar-refractivity contribution in [3.63, 3.8) is 0 Å². The van der Waals surface area contributed by atoms with E-state index >= 15 is 0 Å². The van der Waals surface area contributed by atoms with E-state index in [-0.39, 0.29) is 0 Å². The van der Waals surface area contributed by atoms with Gasteiger partial charge >= 0.3 is 0 Å². The van der Waals surface area contributed by atoms with Gasteiger partial charge in [0.2, 0.25) is 0 Å². The zero-order valence-corrected chi connectivity index (χ0v) is 9.87. The van der Waals surface area contributed by atoms with Crippen molar-refractivity contribution >= 4 is 10.9 Å². The zero-order chi connectivity index (χ0) is 11.7. The summed E-state index contributed by atoms with van der Waals surface area (Å²) in [5, 5.41) is 10.4. The largest absolute Gasteiger partial charge is 0.357 e. The van der Waals surface area contributed by atoms with E-state index in [1.807, 2.05) is 18.2 Å². The number of H-pyrrole nitrogens is 1. The van der Waals surface area contributed by atoms with Gasteiger partial charge in [0.05, 0.1) is 5.56 Å². The Morgan fingerprint density at radius 3 is 2.65 bits per heavy atom. The lowest BCUT2D eigenvalue weighted by atomic mass is 9.85. The van der Waals surface area contributed by atoms with Gasteiger partial charge in [0, 0.05) is 22.5 Å². The van der Waals surface area contributed by atoms with Crippen LogP contribution < -0.4 is 0 Å². The highest BCUT2D eigenvalue weighted by molar-refractivity contribution is 5.87. The van der Waals surface area contributed by atoms with Gasteiger partial charge in [-0.3, -0.25) is 0 Å². The van der Waals surface area contributed by atoms with Crippen molar-refractivity contribution in [2.24, 2.45) is 0 Å². The summed E-state index contributed by atoms with van der Waals surface area (Å²) in [4.78, 5) is 3.46. The van der Waals surface area contributed by atoms with E-state index in [2.05, 4.69) is 17.1 Å². The molecule has 1 fully saturated rings. The van der Waals surface area contributed by atoms with E-state index < -0.39 is 0 Å². The molecule has 1 aromatic heterocycles. The van der Waals surface area contributed by atoms with Gasteiger partial charge in [0.15, 0.2) is 0 Å². The monoisotopic (exact) mass is 224 g/mol. The molecule has 17 heavy (non-hydrogen) atoms. The molecule has 1 saturated carbocycles. The predicted molar refractivity (Wildman–Crippen MR) is 68.8 cm³/mol. The lowest BCUT2D eigenvalue weighted by Gasteiger charge is -2.20. The summed E-state index contributed by atoms with van der Waals surface area (Å²) in [7, 11) is 0. The Morgan fingerprint density at radius 1 is 1.12 bits per heavy atom. The van der Waals surface area contributed by atoms with Crippen molar-refractivity contribution in [3.05, 3.63) is 35.5 Å². The van der Waals surface area contributed by atoms with Crippen molar-refractivity contribution in [3.8, 4) is 6.07 Å². The standard InChI is InChI=1S/C15H16N2/c16-10-13-12-8-4-5-9-14(12)17-15(13)11-6-2-1-3-7-11/h4-5,8-9,11,17H,1-3,6-7H2. The number of para-hydroxylation sites is 1. The first-order chi connectivity index (χ1) is 8.40. The van der Waals surface area contributed by atoms with Crippen LogP contribution in [0.25, 0.3) is 10.9 Å². The molecule has 0 amide bonds. The van der Waals surface area contributed by atoms with Crippen molar-refractivity contribution in [2.75, 3.05) is 0 Å². The Balaban J connectivity index is 2.12. The number of aromatic amines is 1. The Hall–Kier alpha value is -1.75. The van der Waals surface area contributed by atoms with Gasteiger partial charge < -0.3 is 4.98 Å². The molecule has 2 heteroatoms. The number of fused-ring (bicyclic) bond motifs is 1. The zero-order valence-electron chi connectivity index (χ0n) is 9.87. The van der Waals surface area contributed by atoms with Crippen LogP contribution in [0.2, 0.25) is 0 Å². The molecule has 2 nitrogen and oxygen atoms in total. The molecular formula is C15H16N2. The quantitative estimate of drug-likeness (QED) is 0.778. The summed E-state index contributed by atoms with van der Waals surface area (Å²) >= 11 is 0. The van der Waals surface area contributed by atoms with Gasteiger partial charge in [-0.15, -0.1) is 0 Å². The van der Waals surface area contributed by atoms with Crippen molar-refractivity contribution in [1.29, 1.82) is 5.26 Å². The summed E-state index contributed by atoms with van der Waals surface area (Å²) in [6.45, 7) is 0. The summed E-state index contributed by atoms with van der Waals surface area (Å²) in [6.07, 6.45) is 6.39. The summed E-state index contributed by atoms with van der Waals surface area (Å²) in [6, 6.07) is 10.5. The number of rotatable bonds is 1. The predicted octanol–water partition coefficient (Wildman–Crippen LogP) is 4.09. The van der Waals surface area contributed by atoms with Gasteiger partial charge in [-0.25, -0.2) is 0 Å². The molecule has 1 aromatic carbocycles. The van der Waals surface area contributed by atoms with Crippen LogP contribution in [0.4, 0.5) is 0 Å². The fraction of sp³-hybridized carbons (Fsp3) is 0.400. The molecule has 1 N–H and O–H groups in total. The van der Waals surface area contributed by atoms with Crippen LogP contribution >= 0.6 is 0 Å². The number of nitrogens with zero attached hydrogens (tertiary/aromatic N) is 1. The van der Waals surface area contributed by atoms with E-state index in [9.17, 15) is 5.26 Å². The lowest BCUT2D eigenvalue weighted by molar-refractivity contribution is 0.438. The minimum Gasteiger partial charge on any atom is -0.357 e. The van der Waals surface area contributed by atoms with Crippen LogP contribution in [0.3, 0.4) is 0 Å². The van der Waals surface area contributed by atoms with E-state index in [1.54, 1.807) is 0 Å². The first kappa shape index (κ1) is 10.4. The number of hydrogen-bond acceptors (Lipinski definition) is 1. The van der Waals surface area contributed by atoms with Gasteiger partial charge in [0.1, 0.15) is 6.07 Å². The molecule has 0 spiro atoms. The van der Waals surface area contributed by atoms with Crippen LogP contribution in [0.1, 0.15) is 49.3 Å². The van der Waals surface area contributed by atoms with Crippen LogP contribution in [0.5, 0.6) is 0 Å². The maximum atomic E-state index is 9.37. The first-order valence-electron chi connectivity index (χ1n) is 6.41. The molecule has 0 saturated heterocycles. The SMILES string of the molecule is N#Cc1c(C2CCCCC2)[nH]c2ccccc12. The normalized spacial score (nSPS) is 17.1. The summed E-state index contributed by atoms with van der Waals surface area (Å²) in [5.41, 5.74) is 3.14. The van der Waals surface area contributed by atoms with Crippen LogP contribution in [-0.4, -0.2) is 4.98 Å². The maximum absolute atomic E-state index is 9.37. The van der Waals surface area contributed by atoms with E-state index in [0.29, 0.717) is 5.92 Å². The van der Waals surface area contributed by atoms with Crippen LogP contribution in [-0.2, 0) is 0 Å². The molecule has 0 aliphatic heterocycles. The Labute approximate surface area is 101 Å². The number of hydrogen-bond donors (Lipinski definition) is 1. The molecule has 0 unspecified atom stereocenters. The molecule has 2 aromatic rings. The number of nitriles is 1. The number of benzene rings is 1. The van der Waals surface area contributed by atoms with Crippen LogP contribution in [0, 0.1) is 11.3 Å². The Bertz CT molecular complexity index is 568. The average Bonchev–Trinajstić information content (AvgIpc) is 2.78. The molecule has 86 valence electrons. The first-order valence-corrected chi connectivity index (χ1v) is 6.41. The molecule has 0 atom stereocenters. The molecule has 1 aliphatic rings. The molecule has 1 heterocycles. The second kappa shape index (κ2) is 4.25. The minimum atomic E-state index is 0.561. The highest BCUT2D eigenvalue weighted by Gasteiger charge is 2.21. The van der Waals surface area contributed by atoms with E-state index in [0.717, 1.165) is 16.5 Å². The molecule has 1 aliphatic carbocycles. The minimum absolute atomic E-state index is 0.561. The fourth-order valence-corrected chi connectivity index (χ4v) is 2.98. The fourth-order valence-electron chi connectivity index (χ4n) is 2.98. The highest BCUT2D eigenvalue weighted by Crippen LogP contribution is 2.36. The number of aromatic nitrogens is 1. The third kappa shape index (κ3) is 1.72. The second-order valence-corrected chi connectivity index (χ2v) is 4.91. The Kier molecular flexibility index (Phi) is 2.60. The molecule has 3 rings (SSSR count). The third-order valence-corrected chi connectivity index (χ3v) is 3.86. The van der Waals surface area contributed by atoms with Gasteiger partial charge in [-0.05, 0) is 18.9 Å². The smallest absolute Gasteiger partial charge is 0.102 e. The number of nitrogens with one attached hydrogen (secondary N) is 1. The topological polar surface area (TPSA) is 39.6 Å².